The van der Waals surface area contributed by atoms with Gasteiger partial charge in [0.1, 0.15) is 5.82 Å². The van der Waals surface area contributed by atoms with Gasteiger partial charge in [-0.25, -0.2) is 4.39 Å². The molecule has 3 heteroatoms. The minimum Gasteiger partial charge on any atom is -0.207 e. The van der Waals surface area contributed by atoms with Crippen molar-refractivity contribution in [3.05, 3.63) is 35.6 Å². The van der Waals surface area contributed by atoms with E-state index >= 15 is 0 Å². The fourth-order valence-electron chi connectivity index (χ4n) is 2.99. The monoisotopic (exact) mass is 254 g/mol. The second-order valence-electron chi connectivity index (χ2n) is 6.72. The van der Waals surface area contributed by atoms with Crippen LogP contribution in [0.25, 0.3) is 0 Å². The van der Waals surface area contributed by atoms with Crippen molar-refractivity contribution in [3.8, 4) is 0 Å². The molecule has 0 unspecified atom stereocenters. The van der Waals surface area contributed by atoms with E-state index in [9.17, 15) is 4.39 Å². The van der Waals surface area contributed by atoms with Gasteiger partial charge in [-0.1, -0.05) is 51.4 Å². The predicted molar refractivity (Wildman–Crippen MR) is 75.8 cm³/mol. The van der Waals surface area contributed by atoms with E-state index in [0.717, 1.165) is 0 Å². The number of rotatable bonds is 3. The van der Waals surface area contributed by atoms with Gasteiger partial charge in [0, 0.05) is 16.1 Å². The summed E-state index contributed by atoms with van der Waals surface area (Å²) >= 11 is 0. The van der Waals surface area contributed by atoms with Crippen LogP contribution in [0.15, 0.2) is 24.3 Å². The summed E-state index contributed by atoms with van der Waals surface area (Å²) in [5, 5.41) is 0.621. The van der Waals surface area contributed by atoms with Gasteiger partial charge in [0.25, 0.3) is 0 Å². The molecule has 0 aliphatic rings. The molecule has 0 atom stereocenters. The Morgan fingerprint density at radius 3 is 1.81 bits per heavy atom. The molecule has 0 amide bonds. The summed E-state index contributed by atoms with van der Waals surface area (Å²) in [4.78, 5) is 0. The van der Waals surface area contributed by atoms with E-state index in [4.69, 9.17) is 0 Å². The quantitative estimate of drug-likeness (QED) is 0.688. The molecule has 0 fully saturated rings. The highest BCUT2D eigenvalue weighted by Crippen LogP contribution is 2.35. The molecule has 0 N–H and O–H groups in total. The molecule has 0 aliphatic heterocycles. The van der Waals surface area contributed by atoms with Gasteiger partial charge in [0.2, 0.25) is 0 Å². The Hall–Kier alpha value is -0.416. The zero-order valence-corrected chi connectivity index (χ0v) is 13.3. The molecular weight excluding hydrogens is 231 g/mol. The summed E-state index contributed by atoms with van der Waals surface area (Å²) in [6.45, 7) is 14.3. The molecule has 1 aromatic rings. The highest BCUT2D eigenvalue weighted by molar-refractivity contribution is 6.96. The zero-order chi connectivity index (χ0) is 12.6. The standard InChI is InChI=1S/C13H23FSi2/c1-15(2,3)13(16(4,5)6)11-8-7-9-12(14)10-11/h7-10,13H,1-6H3. The van der Waals surface area contributed by atoms with Crippen LogP contribution in [0.3, 0.4) is 0 Å². The molecule has 0 spiro atoms. The molecule has 0 nitrogen and oxygen atoms in total. The van der Waals surface area contributed by atoms with Crippen LogP contribution in [0.4, 0.5) is 4.39 Å². The van der Waals surface area contributed by atoms with Crippen LogP contribution in [0.1, 0.15) is 10.7 Å². The fourth-order valence-corrected chi connectivity index (χ4v) is 15.7. The third-order valence-electron chi connectivity index (χ3n) is 2.91. The van der Waals surface area contributed by atoms with E-state index in [1.165, 1.54) is 11.6 Å². The predicted octanol–water partition coefficient (Wildman–Crippen LogP) is 4.66. The molecule has 0 saturated carbocycles. The van der Waals surface area contributed by atoms with Crippen LogP contribution in [0.2, 0.25) is 39.3 Å². The van der Waals surface area contributed by atoms with Gasteiger partial charge in [0.05, 0.1) is 0 Å². The maximum absolute atomic E-state index is 13.3. The van der Waals surface area contributed by atoms with Crippen LogP contribution in [0.5, 0.6) is 0 Å². The van der Waals surface area contributed by atoms with Crippen molar-refractivity contribution in [1.29, 1.82) is 0 Å². The number of benzene rings is 1. The van der Waals surface area contributed by atoms with Crippen LogP contribution in [0, 0.1) is 5.82 Å². The molecule has 1 aromatic carbocycles. The summed E-state index contributed by atoms with van der Waals surface area (Å²) in [6.07, 6.45) is 0. The van der Waals surface area contributed by atoms with Crippen molar-refractivity contribution in [2.24, 2.45) is 0 Å². The first kappa shape index (κ1) is 13.6. The second-order valence-corrected chi connectivity index (χ2v) is 17.9. The Morgan fingerprint density at radius 1 is 0.938 bits per heavy atom. The van der Waals surface area contributed by atoms with Crippen molar-refractivity contribution >= 4 is 16.1 Å². The lowest BCUT2D eigenvalue weighted by atomic mass is 10.2. The van der Waals surface area contributed by atoms with Gasteiger partial charge >= 0.3 is 0 Å². The van der Waals surface area contributed by atoms with Crippen molar-refractivity contribution in [1.82, 2.24) is 0 Å². The van der Waals surface area contributed by atoms with E-state index in [1.807, 2.05) is 6.07 Å². The Balaban J connectivity index is 3.23. The van der Waals surface area contributed by atoms with E-state index in [2.05, 4.69) is 45.3 Å². The van der Waals surface area contributed by atoms with Crippen molar-refractivity contribution in [3.63, 3.8) is 0 Å². The number of hydrogen-bond acceptors (Lipinski definition) is 0. The van der Waals surface area contributed by atoms with E-state index < -0.39 is 16.1 Å². The smallest absolute Gasteiger partial charge is 0.123 e. The maximum atomic E-state index is 13.3. The average Bonchev–Trinajstić information content (AvgIpc) is 1.97. The SMILES string of the molecule is C[Si](C)(C)C(c1cccc(F)c1)[Si](C)(C)C. The lowest BCUT2D eigenvalue weighted by Gasteiger charge is -2.38. The molecule has 1 rings (SSSR count). The molecule has 0 radical (unpaired) electrons. The van der Waals surface area contributed by atoms with E-state index in [-0.39, 0.29) is 5.82 Å². The van der Waals surface area contributed by atoms with Gasteiger partial charge in [-0.3, -0.25) is 0 Å². The summed E-state index contributed by atoms with van der Waals surface area (Å²) in [5.74, 6) is -0.0981. The van der Waals surface area contributed by atoms with Crippen LogP contribution in [-0.2, 0) is 0 Å². The summed E-state index contributed by atoms with van der Waals surface area (Å²) < 4.78 is 13.3. The molecule has 0 saturated heterocycles. The van der Waals surface area contributed by atoms with E-state index in [1.54, 1.807) is 6.07 Å². The zero-order valence-electron chi connectivity index (χ0n) is 11.3. The summed E-state index contributed by atoms with van der Waals surface area (Å²) in [6, 6.07) is 7.22. The molecule has 0 aliphatic carbocycles. The van der Waals surface area contributed by atoms with Gasteiger partial charge in [-0.2, -0.15) is 0 Å². The van der Waals surface area contributed by atoms with Gasteiger partial charge in [0.15, 0.2) is 0 Å². The lowest BCUT2D eigenvalue weighted by Crippen LogP contribution is -2.46. The Morgan fingerprint density at radius 2 is 1.44 bits per heavy atom. The topological polar surface area (TPSA) is 0 Å². The molecule has 0 bridgehead atoms. The Bertz CT molecular complexity index is 347. The molecule has 0 heterocycles. The molecule has 16 heavy (non-hydrogen) atoms. The van der Waals surface area contributed by atoms with Crippen molar-refractivity contribution in [2.45, 2.75) is 44.4 Å². The lowest BCUT2D eigenvalue weighted by molar-refractivity contribution is 0.626. The van der Waals surface area contributed by atoms with Crippen LogP contribution >= 0.6 is 0 Å². The number of hydrogen-bond donors (Lipinski definition) is 0. The largest absolute Gasteiger partial charge is 0.207 e. The normalized spacial score (nSPS) is 13.2. The highest BCUT2D eigenvalue weighted by atomic mass is 28.4. The van der Waals surface area contributed by atoms with Crippen LogP contribution < -0.4 is 0 Å². The van der Waals surface area contributed by atoms with Gasteiger partial charge < -0.3 is 0 Å². The van der Waals surface area contributed by atoms with Crippen molar-refractivity contribution < 1.29 is 4.39 Å². The minimum atomic E-state index is -1.29. The molecule has 0 aromatic heterocycles. The highest BCUT2D eigenvalue weighted by Gasteiger charge is 2.38. The Kier molecular flexibility index (Phi) is 3.80. The summed E-state index contributed by atoms with van der Waals surface area (Å²) in [7, 11) is -2.58. The van der Waals surface area contributed by atoms with Gasteiger partial charge in [-0.05, 0) is 22.9 Å². The van der Waals surface area contributed by atoms with Crippen LogP contribution in [-0.4, -0.2) is 16.1 Å². The van der Waals surface area contributed by atoms with E-state index in [0.29, 0.717) is 5.16 Å². The Labute approximate surface area is 101 Å². The first-order valence-electron chi connectivity index (χ1n) is 5.88. The average molecular weight is 254 g/mol. The second kappa shape index (κ2) is 4.45. The summed E-state index contributed by atoms with van der Waals surface area (Å²) in [5.41, 5.74) is 1.22. The molecular formula is C13H23FSi2. The first-order valence-corrected chi connectivity index (χ1v) is 13.0. The third-order valence-corrected chi connectivity index (χ3v) is 12.2. The third kappa shape index (κ3) is 3.29. The maximum Gasteiger partial charge on any atom is 0.123 e. The van der Waals surface area contributed by atoms with Crippen molar-refractivity contribution in [2.75, 3.05) is 0 Å². The minimum absolute atomic E-state index is 0.0981. The first-order chi connectivity index (χ1) is 7.12. The molecule has 90 valence electrons. The fraction of sp³-hybridized carbons (Fsp3) is 0.538. The number of halogens is 1. The van der Waals surface area contributed by atoms with Gasteiger partial charge in [-0.15, -0.1) is 0 Å².